The first-order valence-electron chi connectivity index (χ1n) is 6.73. The normalized spacial score (nSPS) is 18.0. The van der Waals surface area contributed by atoms with E-state index < -0.39 is 6.04 Å². The summed E-state index contributed by atoms with van der Waals surface area (Å²) in [5.74, 6) is -0.204. The first kappa shape index (κ1) is 14.2. The van der Waals surface area contributed by atoms with Crippen LogP contribution in [-0.2, 0) is 4.79 Å². The first-order chi connectivity index (χ1) is 10.1. The maximum absolute atomic E-state index is 12.4. The van der Waals surface area contributed by atoms with Crippen LogP contribution >= 0.6 is 22.7 Å². The van der Waals surface area contributed by atoms with E-state index in [-0.39, 0.29) is 11.8 Å². The smallest absolute Gasteiger partial charge is 0.264 e. The molecule has 3 rings (SSSR count). The van der Waals surface area contributed by atoms with Gasteiger partial charge in [0.1, 0.15) is 6.04 Å². The van der Waals surface area contributed by atoms with Gasteiger partial charge < -0.3 is 10.2 Å². The highest BCUT2D eigenvalue weighted by Gasteiger charge is 2.35. The molecule has 1 aliphatic rings. The van der Waals surface area contributed by atoms with Crippen LogP contribution in [0, 0.1) is 6.92 Å². The lowest BCUT2D eigenvalue weighted by Gasteiger charge is -2.22. The van der Waals surface area contributed by atoms with Crippen LogP contribution in [0.25, 0.3) is 0 Å². The number of hydrogen-bond donors (Lipinski definition) is 1. The van der Waals surface area contributed by atoms with Crippen molar-refractivity contribution in [2.75, 3.05) is 11.9 Å². The number of likely N-dealkylation sites (tertiary alicyclic amines) is 1. The van der Waals surface area contributed by atoms with E-state index in [9.17, 15) is 9.59 Å². The molecule has 3 heterocycles. The second kappa shape index (κ2) is 5.95. The molecule has 110 valence electrons. The molecule has 1 aliphatic heterocycles. The van der Waals surface area contributed by atoms with E-state index in [4.69, 9.17) is 0 Å². The Morgan fingerprint density at radius 2 is 2.33 bits per heavy atom. The molecule has 1 unspecified atom stereocenters. The predicted molar refractivity (Wildman–Crippen MR) is 83.9 cm³/mol. The van der Waals surface area contributed by atoms with Crippen LogP contribution < -0.4 is 5.32 Å². The molecular formula is C14H15N3O2S2. The fourth-order valence-corrected chi connectivity index (χ4v) is 3.77. The molecule has 1 saturated heterocycles. The van der Waals surface area contributed by atoms with Crippen LogP contribution in [0.4, 0.5) is 5.13 Å². The monoisotopic (exact) mass is 321 g/mol. The van der Waals surface area contributed by atoms with Gasteiger partial charge in [0.2, 0.25) is 5.91 Å². The van der Waals surface area contributed by atoms with Crippen LogP contribution in [0.2, 0.25) is 0 Å². The molecule has 0 spiro atoms. The molecule has 2 aromatic rings. The maximum atomic E-state index is 12.4. The number of nitrogens with zero attached hydrogens (tertiary/aromatic N) is 2. The largest absolute Gasteiger partial charge is 0.326 e. The zero-order valence-corrected chi connectivity index (χ0v) is 13.2. The third kappa shape index (κ3) is 2.98. The molecule has 2 aromatic heterocycles. The first-order valence-corrected chi connectivity index (χ1v) is 8.42. The Hall–Kier alpha value is -1.73. The van der Waals surface area contributed by atoms with E-state index in [1.807, 2.05) is 18.4 Å². The second-order valence-electron chi connectivity index (χ2n) is 4.90. The van der Waals surface area contributed by atoms with Gasteiger partial charge in [0, 0.05) is 17.6 Å². The number of thiazole rings is 1. The molecular weight excluding hydrogens is 306 g/mol. The third-order valence-electron chi connectivity index (χ3n) is 3.40. The zero-order chi connectivity index (χ0) is 14.8. The minimum atomic E-state index is -0.399. The van der Waals surface area contributed by atoms with Crippen molar-refractivity contribution in [2.24, 2.45) is 0 Å². The van der Waals surface area contributed by atoms with E-state index in [0.29, 0.717) is 23.0 Å². The molecule has 0 aromatic carbocycles. The lowest BCUT2D eigenvalue weighted by molar-refractivity contribution is -0.119. The molecule has 0 aliphatic carbocycles. The van der Waals surface area contributed by atoms with Gasteiger partial charge in [-0.3, -0.25) is 9.59 Å². The van der Waals surface area contributed by atoms with Gasteiger partial charge in [0.25, 0.3) is 5.91 Å². The SMILES string of the molecule is Cc1cnc(NC(=O)C2CCCN2C(=O)c2cccs2)s1. The molecule has 0 bridgehead atoms. The summed E-state index contributed by atoms with van der Waals surface area (Å²) in [7, 11) is 0. The number of aromatic nitrogens is 1. The molecule has 1 N–H and O–H groups in total. The number of nitrogens with one attached hydrogen (secondary N) is 1. The number of hydrogen-bond acceptors (Lipinski definition) is 5. The minimum Gasteiger partial charge on any atom is -0.326 e. The number of anilines is 1. The van der Waals surface area contributed by atoms with Crippen LogP contribution in [0.3, 0.4) is 0 Å². The lowest BCUT2D eigenvalue weighted by atomic mass is 10.2. The molecule has 2 amide bonds. The quantitative estimate of drug-likeness (QED) is 0.945. The number of thiophene rings is 1. The van der Waals surface area contributed by atoms with Crippen molar-refractivity contribution in [1.29, 1.82) is 0 Å². The Bertz CT molecular complexity index is 651. The van der Waals surface area contributed by atoms with Gasteiger partial charge in [-0.1, -0.05) is 6.07 Å². The van der Waals surface area contributed by atoms with Crippen molar-refractivity contribution >= 4 is 39.6 Å². The summed E-state index contributed by atoms with van der Waals surface area (Å²) in [5, 5.41) is 5.28. The molecule has 0 saturated carbocycles. The number of aryl methyl sites for hydroxylation is 1. The maximum Gasteiger partial charge on any atom is 0.264 e. The summed E-state index contributed by atoms with van der Waals surface area (Å²) >= 11 is 2.84. The highest BCUT2D eigenvalue weighted by molar-refractivity contribution is 7.15. The summed E-state index contributed by atoms with van der Waals surface area (Å²) in [6.45, 7) is 2.57. The zero-order valence-electron chi connectivity index (χ0n) is 11.5. The summed E-state index contributed by atoms with van der Waals surface area (Å²) < 4.78 is 0. The third-order valence-corrected chi connectivity index (χ3v) is 5.09. The molecule has 1 fully saturated rings. The molecule has 0 radical (unpaired) electrons. The Balaban J connectivity index is 1.71. The molecule has 5 nitrogen and oxygen atoms in total. The van der Waals surface area contributed by atoms with E-state index in [1.165, 1.54) is 22.7 Å². The van der Waals surface area contributed by atoms with Gasteiger partial charge in [-0.2, -0.15) is 0 Å². The average molecular weight is 321 g/mol. The van der Waals surface area contributed by atoms with Crippen molar-refractivity contribution in [3.63, 3.8) is 0 Å². The Kier molecular flexibility index (Phi) is 4.03. The van der Waals surface area contributed by atoms with E-state index in [0.717, 1.165) is 11.3 Å². The second-order valence-corrected chi connectivity index (χ2v) is 7.08. The van der Waals surface area contributed by atoms with E-state index >= 15 is 0 Å². The Morgan fingerprint density at radius 1 is 1.48 bits per heavy atom. The Labute approximate surface area is 130 Å². The number of amides is 2. The number of rotatable bonds is 3. The predicted octanol–water partition coefficient (Wildman–Crippen LogP) is 2.76. The van der Waals surface area contributed by atoms with Crippen molar-refractivity contribution < 1.29 is 9.59 Å². The number of carbonyl (C=O) groups is 2. The van der Waals surface area contributed by atoms with Crippen LogP contribution in [0.5, 0.6) is 0 Å². The average Bonchev–Trinajstić information content (AvgIpc) is 3.19. The van der Waals surface area contributed by atoms with Gasteiger partial charge in [-0.05, 0) is 31.2 Å². The van der Waals surface area contributed by atoms with Crippen LogP contribution in [0.15, 0.2) is 23.7 Å². The van der Waals surface area contributed by atoms with Crippen LogP contribution in [0.1, 0.15) is 27.4 Å². The molecule has 1 atom stereocenters. The Morgan fingerprint density at radius 3 is 3.00 bits per heavy atom. The fraction of sp³-hybridized carbons (Fsp3) is 0.357. The number of carbonyl (C=O) groups excluding carboxylic acids is 2. The summed E-state index contributed by atoms with van der Waals surface area (Å²) in [6.07, 6.45) is 3.28. The standard InChI is InChI=1S/C14H15N3O2S2/c1-9-8-15-14(21-9)16-12(18)10-4-2-6-17(10)13(19)11-5-3-7-20-11/h3,5,7-8,10H,2,4,6H2,1H3,(H,15,16,18). The van der Waals surface area contributed by atoms with Gasteiger partial charge in [0.15, 0.2) is 5.13 Å². The van der Waals surface area contributed by atoms with E-state index in [2.05, 4.69) is 10.3 Å². The van der Waals surface area contributed by atoms with Crippen molar-refractivity contribution in [3.8, 4) is 0 Å². The van der Waals surface area contributed by atoms with E-state index in [1.54, 1.807) is 17.2 Å². The van der Waals surface area contributed by atoms with Gasteiger partial charge in [-0.15, -0.1) is 22.7 Å². The topological polar surface area (TPSA) is 62.3 Å². The van der Waals surface area contributed by atoms with Gasteiger partial charge >= 0.3 is 0 Å². The molecule has 21 heavy (non-hydrogen) atoms. The summed E-state index contributed by atoms with van der Waals surface area (Å²) in [6, 6.07) is 3.25. The molecule has 7 heteroatoms. The fourth-order valence-electron chi connectivity index (χ4n) is 2.43. The van der Waals surface area contributed by atoms with Gasteiger partial charge in [0.05, 0.1) is 4.88 Å². The van der Waals surface area contributed by atoms with Crippen molar-refractivity contribution in [3.05, 3.63) is 33.5 Å². The minimum absolute atomic E-state index is 0.0574. The van der Waals surface area contributed by atoms with Crippen molar-refractivity contribution in [1.82, 2.24) is 9.88 Å². The van der Waals surface area contributed by atoms with Crippen LogP contribution in [-0.4, -0.2) is 34.3 Å². The summed E-state index contributed by atoms with van der Waals surface area (Å²) in [4.78, 5) is 32.3. The highest BCUT2D eigenvalue weighted by atomic mass is 32.1. The van der Waals surface area contributed by atoms with Gasteiger partial charge in [-0.25, -0.2) is 4.98 Å². The lowest BCUT2D eigenvalue weighted by Crippen LogP contribution is -2.42. The van der Waals surface area contributed by atoms with Crippen molar-refractivity contribution in [2.45, 2.75) is 25.8 Å². The highest BCUT2D eigenvalue weighted by Crippen LogP contribution is 2.24. The summed E-state index contributed by atoms with van der Waals surface area (Å²) in [5.41, 5.74) is 0.